The van der Waals surface area contributed by atoms with Crippen molar-refractivity contribution in [1.82, 2.24) is 0 Å². The zero-order chi connectivity index (χ0) is 13.8. The van der Waals surface area contributed by atoms with Gasteiger partial charge in [-0.15, -0.1) is 0 Å². The van der Waals surface area contributed by atoms with Gasteiger partial charge in [0.05, 0.1) is 4.92 Å². The Morgan fingerprint density at radius 3 is 2.53 bits per heavy atom. The van der Waals surface area contributed by atoms with Crippen LogP contribution in [0.25, 0.3) is 0 Å². The van der Waals surface area contributed by atoms with Crippen molar-refractivity contribution in [3.63, 3.8) is 0 Å². The third kappa shape index (κ3) is 3.35. The molecule has 6 heteroatoms. The van der Waals surface area contributed by atoms with E-state index in [0.29, 0.717) is 22.9 Å². The number of nitrogens with two attached hydrogens (primary N) is 1. The molecule has 5 nitrogen and oxygen atoms in total. The van der Waals surface area contributed by atoms with Gasteiger partial charge in [-0.05, 0) is 29.8 Å². The van der Waals surface area contributed by atoms with Gasteiger partial charge in [0.25, 0.3) is 5.69 Å². The number of nitro groups is 1. The number of hydrogen-bond donors (Lipinski definition) is 2. The van der Waals surface area contributed by atoms with Crippen molar-refractivity contribution in [3.8, 4) is 0 Å². The third-order valence-corrected chi connectivity index (χ3v) is 2.85. The van der Waals surface area contributed by atoms with Crippen molar-refractivity contribution >= 4 is 28.7 Å². The normalized spacial score (nSPS) is 10.2. The molecule has 98 valence electrons. The second-order valence-electron chi connectivity index (χ2n) is 4.01. The van der Waals surface area contributed by atoms with E-state index in [0.717, 1.165) is 5.56 Å². The van der Waals surface area contributed by atoms with Crippen LogP contribution in [0.15, 0.2) is 42.5 Å². The van der Waals surface area contributed by atoms with Crippen LogP contribution >= 0.6 is 11.6 Å². The first kappa shape index (κ1) is 13.2. The maximum absolute atomic E-state index is 10.9. The lowest BCUT2D eigenvalue weighted by atomic mass is 10.2. The van der Waals surface area contributed by atoms with Gasteiger partial charge in [0.1, 0.15) is 5.69 Å². The number of nitrogens with one attached hydrogen (secondary N) is 1. The standard InChI is InChI=1S/C13H12ClN3O2/c14-10-3-6-12(13(7-10)17(18)19)16-8-9-1-4-11(15)5-2-9/h1-7,16H,8,15H2. The van der Waals surface area contributed by atoms with Crippen molar-refractivity contribution < 1.29 is 4.92 Å². The minimum Gasteiger partial charge on any atom is -0.399 e. The highest BCUT2D eigenvalue weighted by Crippen LogP contribution is 2.28. The van der Waals surface area contributed by atoms with Crippen molar-refractivity contribution in [2.45, 2.75) is 6.54 Å². The van der Waals surface area contributed by atoms with Crippen LogP contribution in [0.1, 0.15) is 5.56 Å². The summed E-state index contributed by atoms with van der Waals surface area (Å²) >= 11 is 5.75. The molecular weight excluding hydrogens is 266 g/mol. The largest absolute Gasteiger partial charge is 0.399 e. The van der Waals surface area contributed by atoms with Crippen LogP contribution in [0, 0.1) is 10.1 Å². The van der Waals surface area contributed by atoms with Gasteiger partial charge in [0.2, 0.25) is 0 Å². The van der Waals surface area contributed by atoms with Crippen LogP contribution in [-0.2, 0) is 6.54 Å². The quantitative estimate of drug-likeness (QED) is 0.509. The van der Waals surface area contributed by atoms with Crippen LogP contribution in [0.2, 0.25) is 5.02 Å². The Bertz CT molecular complexity index is 599. The number of hydrogen-bond acceptors (Lipinski definition) is 4. The highest BCUT2D eigenvalue weighted by molar-refractivity contribution is 6.30. The van der Waals surface area contributed by atoms with Gasteiger partial charge >= 0.3 is 0 Å². The van der Waals surface area contributed by atoms with E-state index in [1.54, 1.807) is 24.3 Å². The van der Waals surface area contributed by atoms with Gasteiger partial charge in [-0.25, -0.2) is 0 Å². The van der Waals surface area contributed by atoms with E-state index in [9.17, 15) is 10.1 Å². The second-order valence-corrected chi connectivity index (χ2v) is 4.45. The summed E-state index contributed by atoms with van der Waals surface area (Å²) in [5.74, 6) is 0. The molecule has 0 saturated heterocycles. The van der Waals surface area contributed by atoms with Crippen molar-refractivity contribution in [1.29, 1.82) is 0 Å². The highest BCUT2D eigenvalue weighted by Gasteiger charge is 2.13. The average Bonchev–Trinajstić information content (AvgIpc) is 2.39. The Balaban J connectivity index is 2.15. The summed E-state index contributed by atoms with van der Waals surface area (Å²) < 4.78 is 0. The lowest BCUT2D eigenvalue weighted by Crippen LogP contribution is -2.02. The molecule has 3 N–H and O–H groups in total. The Labute approximate surface area is 115 Å². The predicted octanol–water partition coefficient (Wildman–Crippen LogP) is 3.44. The van der Waals surface area contributed by atoms with E-state index in [1.165, 1.54) is 6.07 Å². The van der Waals surface area contributed by atoms with Gasteiger partial charge in [-0.1, -0.05) is 23.7 Å². The molecule has 0 fully saturated rings. The molecule has 0 aliphatic carbocycles. The summed E-state index contributed by atoms with van der Waals surface area (Å²) in [5.41, 5.74) is 7.65. The molecule has 2 aromatic carbocycles. The molecular formula is C13H12ClN3O2. The molecule has 0 unspecified atom stereocenters. The first-order valence-corrected chi connectivity index (χ1v) is 5.96. The molecule has 2 rings (SSSR count). The number of anilines is 2. The van der Waals surface area contributed by atoms with Crippen LogP contribution < -0.4 is 11.1 Å². The lowest BCUT2D eigenvalue weighted by molar-refractivity contribution is -0.383. The fraction of sp³-hybridized carbons (Fsp3) is 0.0769. The summed E-state index contributed by atoms with van der Waals surface area (Å²) in [6.07, 6.45) is 0. The molecule has 0 aromatic heterocycles. The summed E-state index contributed by atoms with van der Waals surface area (Å²) in [6.45, 7) is 0.475. The van der Waals surface area contributed by atoms with E-state index in [-0.39, 0.29) is 5.69 Å². The molecule has 2 aromatic rings. The van der Waals surface area contributed by atoms with Gasteiger partial charge in [-0.3, -0.25) is 10.1 Å². The third-order valence-electron chi connectivity index (χ3n) is 2.62. The molecule has 0 radical (unpaired) electrons. The summed E-state index contributed by atoms with van der Waals surface area (Å²) in [4.78, 5) is 10.5. The molecule has 0 atom stereocenters. The van der Waals surface area contributed by atoms with Crippen LogP contribution in [0.3, 0.4) is 0 Å². The van der Waals surface area contributed by atoms with Crippen LogP contribution in [0.5, 0.6) is 0 Å². The Morgan fingerprint density at radius 1 is 1.21 bits per heavy atom. The number of nitro benzene ring substituents is 1. The van der Waals surface area contributed by atoms with E-state index >= 15 is 0 Å². The van der Waals surface area contributed by atoms with Crippen molar-refractivity contribution in [3.05, 3.63) is 63.2 Å². The Hall–Kier alpha value is -2.27. The predicted molar refractivity (Wildman–Crippen MR) is 76.3 cm³/mol. The monoisotopic (exact) mass is 277 g/mol. The van der Waals surface area contributed by atoms with E-state index < -0.39 is 4.92 Å². The van der Waals surface area contributed by atoms with E-state index in [1.807, 2.05) is 12.1 Å². The maximum atomic E-state index is 10.9. The van der Waals surface area contributed by atoms with Gasteiger partial charge in [0, 0.05) is 23.3 Å². The molecule has 0 aliphatic heterocycles. The fourth-order valence-electron chi connectivity index (χ4n) is 1.64. The zero-order valence-corrected chi connectivity index (χ0v) is 10.7. The van der Waals surface area contributed by atoms with E-state index in [2.05, 4.69) is 5.32 Å². The van der Waals surface area contributed by atoms with Crippen molar-refractivity contribution in [2.24, 2.45) is 0 Å². The molecule has 0 amide bonds. The van der Waals surface area contributed by atoms with Gasteiger partial charge in [-0.2, -0.15) is 0 Å². The summed E-state index contributed by atoms with van der Waals surface area (Å²) in [6, 6.07) is 11.8. The minimum absolute atomic E-state index is 0.0389. The first-order chi connectivity index (χ1) is 9.06. The van der Waals surface area contributed by atoms with Crippen LogP contribution in [-0.4, -0.2) is 4.92 Å². The number of benzene rings is 2. The molecule has 0 saturated carbocycles. The fourth-order valence-corrected chi connectivity index (χ4v) is 1.80. The number of rotatable bonds is 4. The number of halogens is 1. The Kier molecular flexibility index (Phi) is 3.87. The topological polar surface area (TPSA) is 81.2 Å². The van der Waals surface area contributed by atoms with Gasteiger partial charge in [0.15, 0.2) is 0 Å². The minimum atomic E-state index is -0.461. The molecule has 19 heavy (non-hydrogen) atoms. The SMILES string of the molecule is Nc1ccc(CNc2ccc(Cl)cc2[N+](=O)[O-])cc1. The summed E-state index contributed by atoms with van der Waals surface area (Å²) in [5, 5.41) is 14.3. The highest BCUT2D eigenvalue weighted by atomic mass is 35.5. The molecule has 0 aliphatic rings. The average molecular weight is 278 g/mol. The first-order valence-electron chi connectivity index (χ1n) is 5.58. The maximum Gasteiger partial charge on any atom is 0.293 e. The zero-order valence-electron chi connectivity index (χ0n) is 9.97. The number of nitrogen functional groups attached to an aromatic ring is 1. The Morgan fingerprint density at radius 2 is 1.89 bits per heavy atom. The second kappa shape index (κ2) is 5.58. The van der Waals surface area contributed by atoms with Crippen LogP contribution in [0.4, 0.5) is 17.1 Å². The summed E-state index contributed by atoms with van der Waals surface area (Å²) in [7, 11) is 0. The van der Waals surface area contributed by atoms with E-state index in [4.69, 9.17) is 17.3 Å². The lowest BCUT2D eigenvalue weighted by Gasteiger charge is -2.07. The molecule has 0 heterocycles. The molecule has 0 spiro atoms. The molecule has 0 bridgehead atoms. The number of nitrogens with zero attached hydrogens (tertiary/aromatic N) is 1. The van der Waals surface area contributed by atoms with Gasteiger partial charge < -0.3 is 11.1 Å². The smallest absolute Gasteiger partial charge is 0.293 e. The van der Waals surface area contributed by atoms with Crippen molar-refractivity contribution in [2.75, 3.05) is 11.1 Å².